The van der Waals surface area contributed by atoms with Crippen LogP contribution in [-0.4, -0.2) is 13.1 Å². The van der Waals surface area contributed by atoms with E-state index in [0.717, 1.165) is 5.92 Å². The van der Waals surface area contributed by atoms with Gasteiger partial charge in [0.25, 0.3) is 0 Å². The Morgan fingerprint density at radius 2 is 1.31 bits per heavy atom. The van der Waals surface area contributed by atoms with Crippen LogP contribution in [0.3, 0.4) is 0 Å². The summed E-state index contributed by atoms with van der Waals surface area (Å²) in [4.78, 5) is 0. The second kappa shape index (κ2) is 13.0. The molecule has 0 atom stereocenters. The van der Waals surface area contributed by atoms with E-state index in [2.05, 4.69) is 26.1 Å². The van der Waals surface area contributed by atoms with Crippen LogP contribution in [0.2, 0.25) is 0 Å². The van der Waals surface area contributed by atoms with Gasteiger partial charge in [-0.25, -0.2) is 0 Å². The lowest BCUT2D eigenvalue weighted by Gasteiger charge is -2.06. The van der Waals surface area contributed by atoms with Gasteiger partial charge in [0.1, 0.15) is 0 Å². The van der Waals surface area contributed by atoms with Gasteiger partial charge >= 0.3 is 0 Å². The Balaban J connectivity index is 2.88. The smallest absolute Gasteiger partial charge is 0.00488 e. The molecule has 0 radical (unpaired) electrons. The summed E-state index contributed by atoms with van der Waals surface area (Å²) in [5.74, 6) is 0.861. The van der Waals surface area contributed by atoms with Gasteiger partial charge in [0.05, 0.1) is 0 Å². The summed E-state index contributed by atoms with van der Waals surface area (Å²) in [7, 11) is 0. The summed E-state index contributed by atoms with van der Waals surface area (Å²) in [6.07, 6.45) is 12.6. The van der Waals surface area contributed by atoms with E-state index in [1.54, 1.807) is 0 Å². The lowest BCUT2D eigenvalue weighted by molar-refractivity contribution is 0.513. The van der Waals surface area contributed by atoms with E-state index in [1.165, 1.54) is 70.9 Å². The number of nitrogens with one attached hydrogen (secondary N) is 1. The highest BCUT2D eigenvalue weighted by Gasteiger charge is 1.94. The van der Waals surface area contributed by atoms with E-state index >= 15 is 0 Å². The zero-order chi connectivity index (χ0) is 12.1. The molecule has 0 aromatic heterocycles. The van der Waals surface area contributed by atoms with Gasteiger partial charge in [-0.2, -0.15) is 0 Å². The van der Waals surface area contributed by atoms with Gasteiger partial charge in [-0.05, 0) is 38.3 Å². The van der Waals surface area contributed by atoms with Crippen LogP contribution in [0.4, 0.5) is 0 Å². The van der Waals surface area contributed by atoms with Gasteiger partial charge in [-0.1, -0.05) is 59.3 Å². The molecular formula is C15H33N. The van der Waals surface area contributed by atoms with Gasteiger partial charge in [0, 0.05) is 0 Å². The lowest BCUT2D eigenvalue weighted by atomic mass is 10.1. The van der Waals surface area contributed by atoms with Gasteiger partial charge in [-0.15, -0.1) is 0 Å². The molecule has 0 aliphatic heterocycles. The maximum Gasteiger partial charge on any atom is -0.00488 e. The van der Waals surface area contributed by atoms with Crippen LogP contribution >= 0.6 is 0 Å². The first-order valence-corrected chi connectivity index (χ1v) is 7.48. The molecular weight excluding hydrogens is 194 g/mol. The Hall–Kier alpha value is -0.0400. The number of unbranched alkanes of at least 4 members (excludes halogenated alkanes) is 6. The Morgan fingerprint density at radius 3 is 1.94 bits per heavy atom. The molecule has 0 spiro atoms. The Labute approximate surface area is 103 Å². The molecule has 0 aromatic rings. The SMILES string of the molecule is CCCCCCCCCNCCCC(C)C. The first kappa shape index (κ1) is 16.0. The van der Waals surface area contributed by atoms with E-state index in [1.807, 2.05) is 0 Å². The average molecular weight is 227 g/mol. The van der Waals surface area contributed by atoms with Crippen molar-refractivity contribution < 1.29 is 0 Å². The van der Waals surface area contributed by atoms with Crippen molar-refractivity contribution in [2.75, 3.05) is 13.1 Å². The molecule has 0 unspecified atom stereocenters. The monoisotopic (exact) mass is 227 g/mol. The first-order chi connectivity index (χ1) is 7.77. The highest BCUT2D eigenvalue weighted by molar-refractivity contribution is 4.52. The Kier molecular flexibility index (Phi) is 13.0. The molecule has 0 fully saturated rings. The summed E-state index contributed by atoms with van der Waals surface area (Å²) >= 11 is 0. The van der Waals surface area contributed by atoms with E-state index in [0.29, 0.717) is 0 Å². The third kappa shape index (κ3) is 14.0. The molecule has 0 aliphatic carbocycles. The third-order valence-corrected chi connectivity index (χ3v) is 3.09. The summed E-state index contributed by atoms with van der Waals surface area (Å²) < 4.78 is 0. The Bertz CT molecular complexity index is 121. The molecule has 0 aliphatic rings. The molecule has 98 valence electrons. The fourth-order valence-electron chi connectivity index (χ4n) is 1.97. The molecule has 16 heavy (non-hydrogen) atoms. The summed E-state index contributed by atoms with van der Waals surface area (Å²) in [5.41, 5.74) is 0. The molecule has 1 N–H and O–H groups in total. The van der Waals surface area contributed by atoms with Crippen molar-refractivity contribution in [2.24, 2.45) is 5.92 Å². The van der Waals surface area contributed by atoms with Crippen LogP contribution in [0.1, 0.15) is 78.6 Å². The van der Waals surface area contributed by atoms with Crippen molar-refractivity contribution in [3.63, 3.8) is 0 Å². The largest absolute Gasteiger partial charge is 0.317 e. The molecule has 0 saturated carbocycles. The number of hydrogen-bond donors (Lipinski definition) is 1. The van der Waals surface area contributed by atoms with E-state index in [-0.39, 0.29) is 0 Å². The van der Waals surface area contributed by atoms with E-state index in [9.17, 15) is 0 Å². The molecule has 0 rings (SSSR count). The molecule has 0 bridgehead atoms. The number of hydrogen-bond acceptors (Lipinski definition) is 1. The summed E-state index contributed by atoms with van der Waals surface area (Å²) in [6.45, 7) is 9.33. The Morgan fingerprint density at radius 1 is 0.750 bits per heavy atom. The van der Waals surface area contributed by atoms with Crippen LogP contribution in [0, 0.1) is 5.92 Å². The average Bonchev–Trinajstić information content (AvgIpc) is 2.25. The van der Waals surface area contributed by atoms with Crippen molar-refractivity contribution in [3.8, 4) is 0 Å². The summed E-state index contributed by atoms with van der Waals surface area (Å²) in [6, 6.07) is 0. The fraction of sp³-hybridized carbons (Fsp3) is 1.00. The molecule has 1 heteroatoms. The van der Waals surface area contributed by atoms with E-state index < -0.39 is 0 Å². The van der Waals surface area contributed by atoms with Gasteiger partial charge in [0.2, 0.25) is 0 Å². The maximum absolute atomic E-state index is 3.54. The van der Waals surface area contributed by atoms with Crippen molar-refractivity contribution in [3.05, 3.63) is 0 Å². The second-order valence-electron chi connectivity index (χ2n) is 5.41. The zero-order valence-corrected chi connectivity index (χ0v) is 11.9. The van der Waals surface area contributed by atoms with Crippen LogP contribution in [-0.2, 0) is 0 Å². The van der Waals surface area contributed by atoms with Crippen LogP contribution in [0.5, 0.6) is 0 Å². The standard InChI is InChI=1S/C15H33N/c1-4-5-6-7-8-9-10-13-16-14-11-12-15(2)3/h15-16H,4-14H2,1-3H3. The number of rotatable bonds is 12. The topological polar surface area (TPSA) is 12.0 Å². The first-order valence-electron chi connectivity index (χ1n) is 7.48. The molecule has 0 amide bonds. The lowest BCUT2D eigenvalue weighted by Crippen LogP contribution is -2.17. The van der Waals surface area contributed by atoms with Gasteiger partial charge in [-0.3, -0.25) is 0 Å². The minimum absolute atomic E-state index is 0.861. The normalized spacial score (nSPS) is 11.2. The maximum atomic E-state index is 3.54. The summed E-state index contributed by atoms with van der Waals surface area (Å²) in [5, 5.41) is 3.54. The minimum atomic E-state index is 0.861. The molecule has 0 aromatic carbocycles. The predicted molar refractivity (Wildman–Crippen MR) is 74.9 cm³/mol. The van der Waals surface area contributed by atoms with Gasteiger partial charge < -0.3 is 5.32 Å². The molecule has 0 saturated heterocycles. The fourth-order valence-corrected chi connectivity index (χ4v) is 1.97. The third-order valence-electron chi connectivity index (χ3n) is 3.09. The van der Waals surface area contributed by atoms with Crippen LogP contribution in [0.25, 0.3) is 0 Å². The quantitative estimate of drug-likeness (QED) is 0.474. The predicted octanol–water partition coefficient (Wildman–Crippen LogP) is 4.76. The van der Waals surface area contributed by atoms with E-state index in [4.69, 9.17) is 0 Å². The van der Waals surface area contributed by atoms with Crippen molar-refractivity contribution >= 4 is 0 Å². The second-order valence-corrected chi connectivity index (χ2v) is 5.41. The highest BCUT2D eigenvalue weighted by Crippen LogP contribution is 2.06. The zero-order valence-electron chi connectivity index (χ0n) is 11.9. The minimum Gasteiger partial charge on any atom is -0.317 e. The molecule has 0 heterocycles. The van der Waals surface area contributed by atoms with Crippen molar-refractivity contribution in [2.45, 2.75) is 78.6 Å². The highest BCUT2D eigenvalue weighted by atomic mass is 14.8. The van der Waals surface area contributed by atoms with Crippen LogP contribution in [0.15, 0.2) is 0 Å². The molecule has 1 nitrogen and oxygen atoms in total. The van der Waals surface area contributed by atoms with Crippen molar-refractivity contribution in [1.29, 1.82) is 0 Å². The van der Waals surface area contributed by atoms with Crippen molar-refractivity contribution in [1.82, 2.24) is 5.32 Å². The van der Waals surface area contributed by atoms with Crippen LogP contribution < -0.4 is 5.32 Å². The van der Waals surface area contributed by atoms with Gasteiger partial charge in [0.15, 0.2) is 0 Å².